The largest absolute Gasteiger partial charge is 0.516 e. The molecule has 0 heterocycles. The van der Waals surface area contributed by atoms with E-state index in [9.17, 15) is 46.6 Å². The molecule has 12 aromatic carbocycles. The van der Waals surface area contributed by atoms with Gasteiger partial charge in [-0.2, -0.15) is 26.3 Å². The molecule has 0 fully saturated rings. The van der Waals surface area contributed by atoms with Gasteiger partial charge in [-0.3, -0.25) is 20.2 Å². The van der Waals surface area contributed by atoms with Gasteiger partial charge in [0.25, 0.3) is 11.4 Å². The maximum Gasteiger partial charge on any atom is 0.427 e. The number of nitro groups is 2. The Kier molecular flexibility index (Phi) is 14.8. The van der Waals surface area contributed by atoms with Crippen molar-refractivity contribution < 1.29 is 54.5 Å². The van der Waals surface area contributed by atoms with Crippen LogP contribution in [0.2, 0.25) is 0 Å². The van der Waals surface area contributed by atoms with Crippen LogP contribution in [0.4, 0.5) is 37.7 Å². The van der Waals surface area contributed by atoms with Crippen molar-refractivity contribution in [2.75, 3.05) is 0 Å². The molecule has 0 N–H and O–H groups in total. The van der Waals surface area contributed by atoms with Gasteiger partial charge in [-0.05, 0) is 151 Å². The Morgan fingerprint density at radius 1 is 0.323 bits per heavy atom. The Morgan fingerprint density at radius 2 is 0.624 bits per heavy atom. The summed E-state index contributed by atoms with van der Waals surface area (Å²) in [6.45, 7) is 0. The Morgan fingerprint density at radius 3 is 0.946 bits per heavy atom. The van der Waals surface area contributed by atoms with E-state index in [2.05, 4.69) is 48.5 Å². The highest BCUT2D eigenvalue weighted by molar-refractivity contribution is 6.20. The van der Waals surface area contributed by atoms with Crippen LogP contribution in [0.3, 0.4) is 0 Å². The first-order chi connectivity index (χ1) is 45.0. The third-order valence-electron chi connectivity index (χ3n) is 17.3. The smallest absolute Gasteiger partial charge is 0.427 e. The number of hydrogen-bond donors (Lipinski definition) is 0. The summed E-state index contributed by atoms with van der Waals surface area (Å²) in [5.41, 5.74) is 7.23. The molecule has 2 aliphatic rings. The van der Waals surface area contributed by atoms with E-state index in [0.29, 0.717) is 34.8 Å². The maximum absolute atomic E-state index is 14.2. The highest BCUT2D eigenvalue weighted by atomic mass is 28.3. The van der Waals surface area contributed by atoms with Crippen LogP contribution in [0.1, 0.15) is 55.6 Å². The van der Waals surface area contributed by atoms with Crippen molar-refractivity contribution in [3.8, 4) is 79.0 Å². The Hall–Kier alpha value is -11.6. The number of hydrogen-bond acceptors (Lipinski definition) is 8. The van der Waals surface area contributed by atoms with E-state index >= 15 is 0 Å². The second-order valence-corrected chi connectivity index (χ2v) is 23.2. The summed E-state index contributed by atoms with van der Waals surface area (Å²) in [5, 5.41) is 23.3. The minimum absolute atomic E-state index is 0.228. The van der Waals surface area contributed by atoms with Gasteiger partial charge in [0, 0.05) is 23.3 Å². The molecule has 456 valence electrons. The quantitative estimate of drug-likeness (QED) is 0.0406. The van der Waals surface area contributed by atoms with Crippen LogP contribution in [0.25, 0.3) is 44.5 Å². The molecule has 0 amide bonds. The van der Waals surface area contributed by atoms with Gasteiger partial charge in [0.2, 0.25) is 0 Å². The van der Waals surface area contributed by atoms with Crippen LogP contribution in [-0.2, 0) is 23.2 Å². The van der Waals surface area contributed by atoms with Crippen molar-refractivity contribution in [1.82, 2.24) is 0 Å². The van der Waals surface area contributed by atoms with Gasteiger partial charge < -0.3 is 18.3 Å². The minimum Gasteiger partial charge on any atom is -0.516 e. The first-order valence-electron chi connectivity index (χ1n) is 29.3. The summed E-state index contributed by atoms with van der Waals surface area (Å²) in [6, 6.07) is 83.5. The molecule has 14 rings (SSSR count). The highest BCUT2D eigenvalue weighted by Gasteiger charge is 2.48. The number of alkyl halides is 6. The molecule has 0 bridgehead atoms. The normalized spacial score (nSPS) is 13.2. The van der Waals surface area contributed by atoms with Crippen LogP contribution < -0.4 is 18.3 Å². The van der Waals surface area contributed by atoms with E-state index in [4.69, 9.17) is 18.3 Å². The van der Waals surface area contributed by atoms with Crippen LogP contribution in [0.5, 0.6) is 34.5 Å². The van der Waals surface area contributed by atoms with Gasteiger partial charge in [0.1, 0.15) is 45.6 Å². The molecular weight excluding hydrogens is 1210 g/mol. The average Bonchev–Trinajstić information content (AvgIpc) is 1.65. The topological polar surface area (TPSA) is 123 Å². The van der Waals surface area contributed by atoms with Gasteiger partial charge in [0.15, 0.2) is 0 Å². The van der Waals surface area contributed by atoms with Crippen LogP contribution in [0, 0.1) is 20.2 Å². The predicted octanol–water partition coefficient (Wildman–Crippen LogP) is 19.6. The fourth-order valence-corrected chi connectivity index (χ4v) is 14.1. The first-order valence-corrected chi connectivity index (χ1v) is 30.5. The van der Waals surface area contributed by atoms with Gasteiger partial charge in [-0.1, -0.05) is 194 Å². The van der Waals surface area contributed by atoms with Crippen molar-refractivity contribution in [2.45, 2.75) is 23.2 Å². The van der Waals surface area contributed by atoms with E-state index in [0.717, 1.165) is 102 Å². The Balaban J connectivity index is 0.788. The summed E-state index contributed by atoms with van der Waals surface area (Å²) in [7, 11) is -1.75. The summed E-state index contributed by atoms with van der Waals surface area (Å²) >= 11 is 0. The Labute approximate surface area is 530 Å². The fraction of sp³-hybridized carbons (Fsp3) is 0.0526. The molecule has 0 aromatic heterocycles. The van der Waals surface area contributed by atoms with Crippen molar-refractivity contribution in [1.29, 1.82) is 0 Å². The third-order valence-corrected chi connectivity index (χ3v) is 18.2. The molecule has 0 radical (unpaired) electrons. The van der Waals surface area contributed by atoms with E-state index in [1.807, 2.05) is 182 Å². The third kappa shape index (κ3) is 10.4. The second-order valence-electron chi connectivity index (χ2n) is 22.4. The fourth-order valence-electron chi connectivity index (χ4n) is 13.4. The standard InChI is InChI=1S/C76H48F6N2O8Si/c77-75(78,79)67-45-55(37-39-69(67)83(85)86)89-71-41-31-51(43-61(71)47-15-3-1-4-16-47)73(63-23-11-7-19-57(63)58-20-8-12-24-64(58)73)49-27-33-53(34-28-49)91-93-92-54-35-29-50(30-36-54)74(65-25-13-9-21-59(65)60-22-10-14-26-66(60)74)52-32-42-72(62(44-52)48-17-5-2-6-18-48)90-56-38-40-70(84(87)88)68(46-56)76(80,81)82/h1-46H,93H2. The van der Waals surface area contributed by atoms with E-state index in [1.165, 1.54) is 0 Å². The molecule has 17 heteroatoms. The zero-order chi connectivity index (χ0) is 64.2. The second kappa shape index (κ2) is 23.4. The zero-order valence-corrected chi connectivity index (χ0v) is 50.1. The van der Waals surface area contributed by atoms with E-state index in [1.54, 1.807) is 12.1 Å². The predicted molar refractivity (Wildman–Crippen MR) is 345 cm³/mol. The molecule has 93 heavy (non-hydrogen) atoms. The molecule has 0 spiro atoms. The molecule has 10 nitrogen and oxygen atoms in total. The highest BCUT2D eigenvalue weighted by Crippen LogP contribution is 2.59. The van der Waals surface area contributed by atoms with Gasteiger partial charge in [-0.25, -0.2) is 0 Å². The number of ether oxygens (including phenoxy) is 2. The minimum atomic E-state index is -5.02. The lowest BCUT2D eigenvalue weighted by molar-refractivity contribution is -0.388. The molecule has 0 unspecified atom stereocenters. The zero-order valence-electron chi connectivity index (χ0n) is 48.7. The maximum atomic E-state index is 14.2. The summed E-state index contributed by atoms with van der Waals surface area (Å²) in [4.78, 5) is 21.2. The molecule has 0 saturated carbocycles. The molecule has 12 aromatic rings. The van der Waals surface area contributed by atoms with Gasteiger partial charge in [0.05, 0.1) is 20.7 Å². The Bertz CT molecular complexity index is 4500. The number of nitrogens with zero attached hydrogens (tertiary/aromatic N) is 2. The molecule has 0 aliphatic heterocycles. The van der Waals surface area contributed by atoms with Gasteiger partial charge in [-0.15, -0.1) is 0 Å². The summed E-state index contributed by atoms with van der Waals surface area (Å²) in [6.07, 6.45) is -10.0. The SMILES string of the molecule is O=[N+]([O-])c1ccc(Oc2ccc(C3(c4ccc(O[SiH2]Oc5ccc(C6(c7ccc(Oc8ccc([N+](=O)[O-])c(C(F)(F)F)c8)c(-c8ccccc8)c7)c7ccccc7-c7ccccc76)cc5)cc4)c4ccccc4-c4ccccc43)cc2-c2ccccc2)cc1C(F)(F)F. The molecular formula is C76H48F6N2O8Si. The molecule has 2 aliphatic carbocycles. The summed E-state index contributed by atoms with van der Waals surface area (Å²) < 4.78 is 111. The number of benzene rings is 12. The molecule has 0 atom stereocenters. The average molecular weight is 1260 g/mol. The van der Waals surface area contributed by atoms with E-state index in [-0.39, 0.29) is 23.0 Å². The van der Waals surface area contributed by atoms with E-state index < -0.39 is 65.5 Å². The lowest BCUT2D eigenvalue weighted by Gasteiger charge is -2.34. The van der Waals surface area contributed by atoms with Crippen LogP contribution in [0.15, 0.2) is 279 Å². The van der Waals surface area contributed by atoms with Crippen molar-refractivity contribution in [2.24, 2.45) is 0 Å². The van der Waals surface area contributed by atoms with Crippen LogP contribution in [-0.4, -0.2) is 19.9 Å². The lowest BCUT2D eigenvalue weighted by atomic mass is 9.67. The van der Waals surface area contributed by atoms with Crippen LogP contribution >= 0.6 is 0 Å². The number of rotatable bonds is 16. The molecule has 0 saturated heterocycles. The van der Waals surface area contributed by atoms with Crippen molar-refractivity contribution >= 4 is 21.4 Å². The number of halogens is 6. The van der Waals surface area contributed by atoms with Crippen molar-refractivity contribution in [3.63, 3.8) is 0 Å². The lowest BCUT2D eigenvalue weighted by Crippen LogP contribution is -2.28. The summed E-state index contributed by atoms with van der Waals surface area (Å²) in [5.74, 6) is 1.15. The number of nitro benzene ring substituents is 2. The van der Waals surface area contributed by atoms with Crippen molar-refractivity contribution in [3.05, 3.63) is 355 Å². The first kappa shape index (κ1) is 59.1. The monoisotopic (exact) mass is 1260 g/mol. The van der Waals surface area contributed by atoms with Gasteiger partial charge >= 0.3 is 22.4 Å². The number of fused-ring (bicyclic) bond motifs is 6.